The van der Waals surface area contributed by atoms with Crippen molar-refractivity contribution in [3.8, 4) is 5.75 Å². The molecular formula is C14H13BrO2. The Labute approximate surface area is 109 Å². The number of phenols is 1. The minimum absolute atomic E-state index is 0.197. The van der Waals surface area contributed by atoms with Crippen molar-refractivity contribution < 1.29 is 10.2 Å². The first-order chi connectivity index (χ1) is 8.18. The van der Waals surface area contributed by atoms with Crippen molar-refractivity contribution in [2.24, 2.45) is 0 Å². The summed E-state index contributed by atoms with van der Waals surface area (Å²) in [6, 6.07) is 14.9. The number of aliphatic hydroxyl groups is 1. The molecule has 17 heavy (non-hydrogen) atoms. The zero-order valence-electron chi connectivity index (χ0n) is 9.18. The van der Waals surface area contributed by atoms with Crippen LogP contribution in [0, 0.1) is 0 Å². The maximum atomic E-state index is 10.1. The van der Waals surface area contributed by atoms with E-state index in [0.29, 0.717) is 10.9 Å². The molecule has 0 aromatic heterocycles. The zero-order chi connectivity index (χ0) is 12.3. The van der Waals surface area contributed by atoms with E-state index in [4.69, 9.17) is 0 Å². The van der Waals surface area contributed by atoms with Crippen LogP contribution in [0.15, 0.2) is 53.0 Å². The number of hydrogen-bond acceptors (Lipinski definition) is 2. The number of aliphatic hydroxyl groups excluding tert-OH is 1. The Morgan fingerprint density at radius 2 is 1.71 bits per heavy atom. The minimum atomic E-state index is -0.601. The Hall–Kier alpha value is -1.32. The fourth-order valence-corrected chi connectivity index (χ4v) is 2.13. The van der Waals surface area contributed by atoms with E-state index in [-0.39, 0.29) is 5.75 Å². The highest BCUT2D eigenvalue weighted by atomic mass is 79.9. The number of halogens is 1. The highest BCUT2D eigenvalue weighted by molar-refractivity contribution is 9.10. The van der Waals surface area contributed by atoms with Crippen molar-refractivity contribution >= 4 is 15.9 Å². The standard InChI is InChI=1S/C14H13BrO2/c15-12-8-4-7-11(14(12)17)9-13(16)10-5-2-1-3-6-10/h1-8,13,16-17H,9H2. The number of rotatable bonds is 3. The van der Waals surface area contributed by atoms with E-state index in [1.54, 1.807) is 6.07 Å². The first-order valence-corrected chi connectivity index (χ1v) is 6.17. The molecule has 0 aliphatic carbocycles. The summed E-state index contributed by atoms with van der Waals surface area (Å²) < 4.78 is 0.648. The fraction of sp³-hybridized carbons (Fsp3) is 0.143. The number of hydrogen-bond donors (Lipinski definition) is 2. The van der Waals surface area contributed by atoms with Gasteiger partial charge in [-0.15, -0.1) is 0 Å². The Morgan fingerprint density at radius 3 is 2.41 bits per heavy atom. The number of aromatic hydroxyl groups is 1. The second-order valence-electron chi connectivity index (χ2n) is 3.88. The largest absolute Gasteiger partial charge is 0.506 e. The van der Waals surface area contributed by atoms with Gasteiger partial charge >= 0.3 is 0 Å². The molecule has 0 amide bonds. The van der Waals surface area contributed by atoms with Gasteiger partial charge in [0, 0.05) is 6.42 Å². The lowest BCUT2D eigenvalue weighted by molar-refractivity contribution is 0.177. The third-order valence-electron chi connectivity index (χ3n) is 2.67. The molecular weight excluding hydrogens is 280 g/mol. The van der Waals surface area contributed by atoms with Crippen molar-refractivity contribution in [1.29, 1.82) is 0 Å². The molecule has 0 radical (unpaired) electrons. The van der Waals surface area contributed by atoms with Crippen LogP contribution in [-0.4, -0.2) is 10.2 Å². The molecule has 2 nitrogen and oxygen atoms in total. The molecule has 88 valence electrons. The molecule has 1 atom stereocenters. The molecule has 0 bridgehead atoms. The lowest BCUT2D eigenvalue weighted by Gasteiger charge is -2.12. The average molecular weight is 293 g/mol. The van der Waals surface area contributed by atoms with Gasteiger partial charge < -0.3 is 10.2 Å². The summed E-state index contributed by atoms with van der Waals surface area (Å²) in [6.45, 7) is 0. The molecule has 0 saturated heterocycles. The van der Waals surface area contributed by atoms with Crippen LogP contribution in [0.25, 0.3) is 0 Å². The van der Waals surface area contributed by atoms with E-state index >= 15 is 0 Å². The van der Waals surface area contributed by atoms with Crippen LogP contribution >= 0.6 is 15.9 Å². The third-order valence-corrected chi connectivity index (χ3v) is 3.31. The summed E-state index contributed by atoms with van der Waals surface area (Å²) in [7, 11) is 0. The summed E-state index contributed by atoms with van der Waals surface area (Å²) >= 11 is 3.26. The molecule has 2 N–H and O–H groups in total. The SMILES string of the molecule is Oc1c(Br)cccc1CC(O)c1ccccc1. The Kier molecular flexibility index (Phi) is 3.82. The highest BCUT2D eigenvalue weighted by Gasteiger charge is 2.12. The molecule has 0 spiro atoms. The van der Waals surface area contributed by atoms with E-state index < -0.39 is 6.10 Å². The first-order valence-electron chi connectivity index (χ1n) is 5.38. The fourth-order valence-electron chi connectivity index (χ4n) is 1.73. The van der Waals surface area contributed by atoms with Gasteiger partial charge in [-0.2, -0.15) is 0 Å². The summed E-state index contributed by atoms with van der Waals surface area (Å²) in [6.07, 6.45) is -0.202. The van der Waals surface area contributed by atoms with Crippen LogP contribution in [0.4, 0.5) is 0 Å². The second-order valence-corrected chi connectivity index (χ2v) is 4.73. The highest BCUT2D eigenvalue weighted by Crippen LogP contribution is 2.30. The quantitative estimate of drug-likeness (QED) is 0.910. The van der Waals surface area contributed by atoms with Gasteiger partial charge in [0.25, 0.3) is 0 Å². The van der Waals surface area contributed by atoms with Gasteiger partial charge in [-0.3, -0.25) is 0 Å². The van der Waals surface area contributed by atoms with E-state index in [9.17, 15) is 10.2 Å². The van der Waals surface area contributed by atoms with E-state index in [0.717, 1.165) is 11.1 Å². The number of para-hydroxylation sites is 1. The molecule has 2 aromatic carbocycles. The van der Waals surface area contributed by atoms with E-state index in [1.165, 1.54) is 0 Å². The van der Waals surface area contributed by atoms with Gasteiger partial charge in [0.2, 0.25) is 0 Å². The third kappa shape index (κ3) is 2.87. The Balaban J connectivity index is 2.19. The van der Waals surface area contributed by atoms with Crippen LogP contribution in [-0.2, 0) is 6.42 Å². The van der Waals surface area contributed by atoms with Crippen molar-refractivity contribution in [2.75, 3.05) is 0 Å². The van der Waals surface area contributed by atoms with Crippen LogP contribution in [0.2, 0.25) is 0 Å². The average Bonchev–Trinajstić information content (AvgIpc) is 2.36. The van der Waals surface area contributed by atoms with Gasteiger partial charge in [-0.25, -0.2) is 0 Å². The molecule has 0 aliphatic heterocycles. The monoisotopic (exact) mass is 292 g/mol. The summed E-state index contributed by atoms with van der Waals surface area (Å²) in [4.78, 5) is 0. The molecule has 1 unspecified atom stereocenters. The molecule has 0 aliphatic rings. The van der Waals surface area contributed by atoms with Crippen LogP contribution in [0.3, 0.4) is 0 Å². The minimum Gasteiger partial charge on any atom is -0.506 e. The lowest BCUT2D eigenvalue weighted by atomic mass is 10.0. The number of phenolic OH excluding ortho intramolecular Hbond substituents is 1. The van der Waals surface area contributed by atoms with Gasteiger partial charge in [0.1, 0.15) is 5.75 Å². The lowest BCUT2D eigenvalue weighted by Crippen LogP contribution is -2.01. The summed E-state index contributed by atoms with van der Waals surface area (Å²) in [5, 5.41) is 19.9. The van der Waals surface area contributed by atoms with Crippen molar-refractivity contribution in [3.05, 3.63) is 64.1 Å². The molecule has 2 aromatic rings. The van der Waals surface area contributed by atoms with E-state index in [1.807, 2.05) is 42.5 Å². The molecule has 0 heterocycles. The summed E-state index contributed by atoms with van der Waals surface area (Å²) in [5.41, 5.74) is 1.59. The van der Waals surface area contributed by atoms with Crippen molar-refractivity contribution in [3.63, 3.8) is 0 Å². The number of benzene rings is 2. The Bertz CT molecular complexity index is 497. The smallest absolute Gasteiger partial charge is 0.133 e. The molecule has 0 saturated carbocycles. The zero-order valence-corrected chi connectivity index (χ0v) is 10.8. The van der Waals surface area contributed by atoms with Crippen molar-refractivity contribution in [1.82, 2.24) is 0 Å². The Morgan fingerprint density at radius 1 is 1.00 bits per heavy atom. The maximum absolute atomic E-state index is 10.1. The predicted molar refractivity (Wildman–Crippen MR) is 70.9 cm³/mol. The van der Waals surface area contributed by atoms with Gasteiger partial charge in [-0.1, -0.05) is 42.5 Å². The van der Waals surface area contributed by atoms with E-state index in [2.05, 4.69) is 15.9 Å². The second kappa shape index (κ2) is 5.34. The van der Waals surface area contributed by atoms with Gasteiger partial charge in [-0.05, 0) is 33.1 Å². The first kappa shape index (κ1) is 12.1. The van der Waals surface area contributed by atoms with Crippen LogP contribution in [0.1, 0.15) is 17.2 Å². The van der Waals surface area contributed by atoms with Crippen LogP contribution < -0.4 is 0 Å². The molecule has 0 fully saturated rings. The maximum Gasteiger partial charge on any atom is 0.133 e. The van der Waals surface area contributed by atoms with Crippen LogP contribution in [0.5, 0.6) is 5.75 Å². The molecule has 2 rings (SSSR count). The van der Waals surface area contributed by atoms with Crippen molar-refractivity contribution in [2.45, 2.75) is 12.5 Å². The predicted octanol–water partition coefficient (Wildman–Crippen LogP) is 3.43. The van der Waals surface area contributed by atoms with Gasteiger partial charge in [0.15, 0.2) is 0 Å². The van der Waals surface area contributed by atoms with Gasteiger partial charge in [0.05, 0.1) is 10.6 Å². The molecule has 3 heteroatoms. The normalized spacial score (nSPS) is 12.4. The summed E-state index contributed by atoms with van der Waals surface area (Å²) in [5.74, 6) is 0.197. The topological polar surface area (TPSA) is 40.5 Å².